The molecular formula is C13H18NO4-. The molecule has 0 bridgehead atoms. The van der Waals surface area contributed by atoms with Crippen LogP contribution in [0.5, 0.6) is 11.5 Å². The van der Waals surface area contributed by atoms with Crippen LogP contribution in [0.3, 0.4) is 0 Å². The zero-order chi connectivity index (χ0) is 13.7. The Bertz CT molecular complexity index is 443. The van der Waals surface area contributed by atoms with Crippen molar-refractivity contribution < 1.29 is 19.4 Å². The summed E-state index contributed by atoms with van der Waals surface area (Å²) in [7, 11) is 0. The Morgan fingerprint density at radius 3 is 2.33 bits per heavy atom. The Morgan fingerprint density at radius 1 is 1.28 bits per heavy atom. The average Bonchev–Trinajstić information content (AvgIpc) is 2.33. The Kier molecular flexibility index (Phi) is 4.83. The predicted octanol–water partition coefficient (Wildman–Crippen LogP) is 0.992. The fourth-order valence-corrected chi connectivity index (χ4v) is 1.79. The minimum absolute atomic E-state index is 0.0567. The highest BCUT2D eigenvalue weighted by molar-refractivity contribution is 5.94. The van der Waals surface area contributed by atoms with Gasteiger partial charge in [-0.3, -0.25) is 0 Å². The van der Waals surface area contributed by atoms with E-state index in [1.54, 1.807) is 0 Å². The molecule has 5 heteroatoms. The van der Waals surface area contributed by atoms with Crippen LogP contribution < -0.4 is 20.3 Å². The first kappa shape index (κ1) is 14.2. The van der Waals surface area contributed by atoms with Gasteiger partial charge in [0.05, 0.1) is 19.2 Å². The molecule has 1 rings (SSSR count). The number of ether oxygens (including phenoxy) is 2. The van der Waals surface area contributed by atoms with E-state index < -0.39 is 5.97 Å². The van der Waals surface area contributed by atoms with Crippen molar-refractivity contribution in [3.8, 4) is 11.5 Å². The first-order chi connectivity index (χ1) is 8.56. The molecule has 1 aromatic carbocycles. The standard InChI is InChI=1S/C13H19NO4/c1-4-8-11(14)9(13(15)16)7-10(17-5-2)12(8)18-6-3/h7H,4-6,14H2,1-3H3,(H,15,16)/p-1. The lowest BCUT2D eigenvalue weighted by Gasteiger charge is -2.19. The molecule has 0 atom stereocenters. The van der Waals surface area contributed by atoms with Crippen molar-refractivity contribution in [2.24, 2.45) is 0 Å². The highest BCUT2D eigenvalue weighted by atomic mass is 16.5. The summed E-state index contributed by atoms with van der Waals surface area (Å²) in [4.78, 5) is 11.0. The number of aromatic carboxylic acids is 1. The minimum atomic E-state index is -1.31. The lowest BCUT2D eigenvalue weighted by Crippen LogP contribution is -2.24. The number of carbonyl (C=O) groups is 1. The topological polar surface area (TPSA) is 84.6 Å². The first-order valence-electron chi connectivity index (χ1n) is 5.98. The van der Waals surface area contributed by atoms with Gasteiger partial charge in [-0.25, -0.2) is 0 Å². The van der Waals surface area contributed by atoms with E-state index in [1.807, 2.05) is 20.8 Å². The number of rotatable bonds is 6. The number of hydrogen-bond donors (Lipinski definition) is 1. The van der Waals surface area contributed by atoms with Crippen molar-refractivity contribution >= 4 is 11.7 Å². The van der Waals surface area contributed by atoms with Gasteiger partial charge in [0.25, 0.3) is 0 Å². The van der Waals surface area contributed by atoms with Crippen molar-refractivity contribution in [2.75, 3.05) is 18.9 Å². The molecule has 0 aliphatic rings. The van der Waals surface area contributed by atoms with Crippen LogP contribution in [-0.2, 0) is 6.42 Å². The molecule has 0 fully saturated rings. The van der Waals surface area contributed by atoms with Crippen molar-refractivity contribution in [1.82, 2.24) is 0 Å². The molecule has 0 amide bonds. The van der Waals surface area contributed by atoms with E-state index in [0.717, 1.165) is 0 Å². The maximum absolute atomic E-state index is 11.0. The van der Waals surface area contributed by atoms with Crippen LogP contribution in [-0.4, -0.2) is 19.2 Å². The number of carbonyl (C=O) groups excluding carboxylic acids is 1. The summed E-state index contributed by atoms with van der Waals surface area (Å²) >= 11 is 0. The Balaban J connectivity index is 3.46. The maximum atomic E-state index is 11.0. The molecule has 18 heavy (non-hydrogen) atoms. The van der Waals surface area contributed by atoms with Crippen LogP contribution in [0.1, 0.15) is 36.7 Å². The van der Waals surface area contributed by atoms with Crippen LogP contribution in [0.2, 0.25) is 0 Å². The SMILES string of the molecule is CCOc1cc(C(=O)[O-])c(N)c(CC)c1OCC. The van der Waals surface area contributed by atoms with Crippen molar-refractivity contribution in [1.29, 1.82) is 0 Å². The van der Waals surface area contributed by atoms with Gasteiger partial charge in [-0.05, 0) is 26.3 Å². The Labute approximate surface area is 107 Å². The summed E-state index contributed by atoms with van der Waals surface area (Å²) in [5, 5.41) is 11.0. The smallest absolute Gasteiger partial charge is 0.166 e. The third kappa shape index (κ3) is 2.67. The summed E-state index contributed by atoms with van der Waals surface area (Å²) in [5.41, 5.74) is 6.60. The summed E-state index contributed by atoms with van der Waals surface area (Å²) in [5.74, 6) is -0.403. The second-order valence-electron chi connectivity index (χ2n) is 3.65. The lowest BCUT2D eigenvalue weighted by molar-refractivity contribution is -0.254. The monoisotopic (exact) mass is 252 g/mol. The zero-order valence-corrected chi connectivity index (χ0v) is 10.9. The molecule has 0 aliphatic carbocycles. The summed E-state index contributed by atoms with van der Waals surface area (Å²) in [6.07, 6.45) is 0.558. The number of carboxylic acids is 1. The van der Waals surface area contributed by atoms with E-state index >= 15 is 0 Å². The molecule has 0 saturated heterocycles. The fraction of sp³-hybridized carbons (Fsp3) is 0.462. The summed E-state index contributed by atoms with van der Waals surface area (Å²) in [6.45, 7) is 6.41. The quantitative estimate of drug-likeness (QED) is 0.763. The van der Waals surface area contributed by atoms with Gasteiger partial charge in [-0.1, -0.05) is 6.92 Å². The molecule has 0 radical (unpaired) electrons. The molecule has 5 nitrogen and oxygen atoms in total. The predicted molar refractivity (Wildman–Crippen MR) is 66.9 cm³/mol. The van der Waals surface area contributed by atoms with Gasteiger partial charge in [-0.15, -0.1) is 0 Å². The van der Waals surface area contributed by atoms with Gasteiger partial charge < -0.3 is 25.1 Å². The molecule has 0 aliphatic heterocycles. The summed E-state index contributed by atoms with van der Waals surface area (Å²) < 4.78 is 10.9. The molecule has 0 spiro atoms. The van der Waals surface area contributed by atoms with Gasteiger partial charge in [-0.2, -0.15) is 0 Å². The normalized spacial score (nSPS) is 10.2. The van der Waals surface area contributed by atoms with Gasteiger partial charge >= 0.3 is 0 Å². The fourth-order valence-electron chi connectivity index (χ4n) is 1.79. The van der Waals surface area contributed by atoms with E-state index in [2.05, 4.69) is 0 Å². The number of nitrogen functional groups attached to an aromatic ring is 1. The molecular weight excluding hydrogens is 234 g/mol. The van der Waals surface area contributed by atoms with Crippen molar-refractivity contribution in [3.63, 3.8) is 0 Å². The Morgan fingerprint density at radius 2 is 1.89 bits per heavy atom. The van der Waals surface area contributed by atoms with E-state index in [1.165, 1.54) is 6.07 Å². The van der Waals surface area contributed by atoms with Gasteiger partial charge in [0.1, 0.15) is 0 Å². The highest BCUT2D eigenvalue weighted by Gasteiger charge is 2.17. The number of benzene rings is 1. The number of hydrogen-bond acceptors (Lipinski definition) is 5. The maximum Gasteiger partial charge on any atom is 0.166 e. The highest BCUT2D eigenvalue weighted by Crippen LogP contribution is 2.38. The third-order valence-electron chi connectivity index (χ3n) is 2.55. The van der Waals surface area contributed by atoms with E-state index in [0.29, 0.717) is 36.7 Å². The van der Waals surface area contributed by atoms with Crippen LogP contribution in [0.25, 0.3) is 0 Å². The van der Waals surface area contributed by atoms with Gasteiger partial charge in [0.2, 0.25) is 0 Å². The summed E-state index contributed by atoms with van der Waals surface area (Å²) in [6, 6.07) is 1.36. The van der Waals surface area contributed by atoms with E-state index in [-0.39, 0.29) is 11.3 Å². The minimum Gasteiger partial charge on any atom is -0.545 e. The lowest BCUT2D eigenvalue weighted by atomic mass is 10.0. The number of carboxylic acid groups (broad SMARTS) is 1. The van der Waals surface area contributed by atoms with E-state index in [4.69, 9.17) is 15.2 Å². The van der Waals surface area contributed by atoms with Crippen molar-refractivity contribution in [3.05, 3.63) is 17.2 Å². The molecule has 100 valence electrons. The molecule has 2 N–H and O–H groups in total. The van der Waals surface area contributed by atoms with Gasteiger partial charge in [0.15, 0.2) is 11.5 Å². The average molecular weight is 252 g/mol. The third-order valence-corrected chi connectivity index (χ3v) is 2.55. The number of nitrogens with two attached hydrogens (primary N) is 1. The van der Waals surface area contributed by atoms with Crippen LogP contribution >= 0.6 is 0 Å². The Hall–Kier alpha value is -1.91. The molecule has 1 aromatic rings. The molecule has 0 heterocycles. The second kappa shape index (κ2) is 6.14. The van der Waals surface area contributed by atoms with Crippen LogP contribution in [0, 0.1) is 0 Å². The van der Waals surface area contributed by atoms with E-state index in [9.17, 15) is 9.90 Å². The molecule has 0 aromatic heterocycles. The zero-order valence-electron chi connectivity index (χ0n) is 10.9. The molecule has 0 saturated carbocycles. The molecule has 0 unspecified atom stereocenters. The largest absolute Gasteiger partial charge is 0.545 e. The van der Waals surface area contributed by atoms with Gasteiger partial charge in [0, 0.05) is 16.8 Å². The number of anilines is 1. The van der Waals surface area contributed by atoms with Crippen LogP contribution in [0.15, 0.2) is 6.07 Å². The first-order valence-corrected chi connectivity index (χ1v) is 5.98. The van der Waals surface area contributed by atoms with Crippen LogP contribution in [0.4, 0.5) is 5.69 Å². The second-order valence-corrected chi connectivity index (χ2v) is 3.65. The van der Waals surface area contributed by atoms with Crippen molar-refractivity contribution in [2.45, 2.75) is 27.2 Å².